The topological polar surface area (TPSA) is 52.0 Å². The molecular formula is C10H24N2. The number of rotatable bonds is 4. The fourth-order valence-electron chi connectivity index (χ4n) is 1.62. The molecular weight excluding hydrogens is 148 g/mol. The van der Waals surface area contributed by atoms with E-state index < -0.39 is 0 Å². The molecule has 0 rings (SSSR count). The molecule has 2 heteroatoms. The van der Waals surface area contributed by atoms with Gasteiger partial charge in [0.15, 0.2) is 0 Å². The Hall–Kier alpha value is -0.0800. The molecule has 0 aromatic rings. The summed E-state index contributed by atoms with van der Waals surface area (Å²) < 4.78 is 0. The second-order valence-corrected chi connectivity index (χ2v) is 5.11. The minimum absolute atomic E-state index is 0.132. The van der Waals surface area contributed by atoms with Gasteiger partial charge in [0.05, 0.1) is 6.17 Å². The van der Waals surface area contributed by atoms with Crippen LogP contribution in [0.1, 0.15) is 47.0 Å². The zero-order chi connectivity index (χ0) is 9.78. The summed E-state index contributed by atoms with van der Waals surface area (Å²) in [4.78, 5) is 0. The first-order valence-corrected chi connectivity index (χ1v) is 4.82. The summed E-state index contributed by atoms with van der Waals surface area (Å²) in [6.45, 7) is 9.08. The third kappa shape index (κ3) is 8.02. The van der Waals surface area contributed by atoms with Crippen molar-refractivity contribution >= 4 is 0 Å². The first kappa shape index (κ1) is 11.9. The molecule has 74 valence electrons. The van der Waals surface area contributed by atoms with Crippen LogP contribution < -0.4 is 11.5 Å². The van der Waals surface area contributed by atoms with Crippen molar-refractivity contribution in [2.45, 2.75) is 53.1 Å². The lowest BCUT2D eigenvalue weighted by Crippen LogP contribution is -2.30. The van der Waals surface area contributed by atoms with Gasteiger partial charge in [-0.15, -0.1) is 0 Å². The predicted octanol–water partition coefficient (Wildman–Crippen LogP) is 2.08. The normalized spacial score (nSPS) is 15.2. The van der Waals surface area contributed by atoms with Crippen molar-refractivity contribution in [3.8, 4) is 0 Å². The van der Waals surface area contributed by atoms with Gasteiger partial charge in [0.1, 0.15) is 0 Å². The lowest BCUT2D eigenvalue weighted by molar-refractivity contribution is 0.289. The summed E-state index contributed by atoms with van der Waals surface area (Å²) in [5.41, 5.74) is 11.4. The van der Waals surface area contributed by atoms with Crippen molar-refractivity contribution in [3.63, 3.8) is 0 Å². The van der Waals surface area contributed by atoms with Gasteiger partial charge in [-0.2, -0.15) is 0 Å². The highest BCUT2D eigenvalue weighted by Crippen LogP contribution is 2.26. The second-order valence-electron chi connectivity index (χ2n) is 5.11. The first-order valence-electron chi connectivity index (χ1n) is 4.82. The summed E-state index contributed by atoms with van der Waals surface area (Å²) in [6.07, 6.45) is 3.21. The second kappa shape index (κ2) is 4.83. The number of hydrogen-bond donors (Lipinski definition) is 2. The SMILES string of the molecule is CC(CCC(N)N)CC(C)(C)C. The van der Waals surface area contributed by atoms with Crippen LogP contribution in [-0.4, -0.2) is 6.17 Å². The molecule has 4 N–H and O–H groups in total. The van der Waals surface area contributed by atoms with Crippen LogP contribution in [0.4, 0.5) is 0 Å². The Balaban J connectivity index is 3.53. The average molecular weight is 172 g/mol. The van der Waals surface area contributed by atoms with E-state index in [4.69, 9.17) is 11.5 Å². The molecule has 0 bridgehead atoms. The van der Waals surface area contributed by atoms with Crippen molar-refractivity contribution in [2.75, 3.05) is 0 Å². The highest BCUT2D eigenvalue weighted by Gasteiger charge is 2.15. The van der Waals surface area contributed by atoms with E-state index in [0.717, 1.165) is 18.8 Å². The van der Waals surface area contributed by atoms with Crippen LogP contribution in [0.15, 0.2) is 0 Å². The van der Waals surface area contributed by atoms with Gasteiger partial charge in [-0.3, -0.25) is 0 Å². The van der Waals surface area contributed by atoms with E-state index in [1.807, 2.05) is 0 Å². The standard InChI is InChI=1S/C10H24N2/c1-8(5-6-9(11)12)7-10(2,3)4/h8-9H,5-7,11-12H2,1-4H3. The molecule has 0 radical (unpaired) electrons. The predicted molar refractivity (Wildman–Crippen MR) is 54.6 cm³/mol. The smallest absolute Gasteiger partial charge is 0.0520 e. The minimum Gasteiger partial charge on any atom is -0.316 e. The van der Waals surface area contributed by atoms with E-state index >= 15 is 0 Å². The quantitative estimate of drug-likeness (QED) is 0.638. The van der Waals surface area contributed by atoms with Gasteiger partial charge in [-0.1, -0.05) is 27.7 Å². The Labute approximate surface area is 76.7 Å². The molecule has 0 fully saturated rings. The van der Waals surface area contributed by atoms with Gasteiger partial charge in [-0.25, -0.2) is 0 Å². The largest absolute Gasteiger partial charge is 0.316 e. The number of hydrogen-bond acceptors (Lipinski definition) is 2. The Morgan fingerprint density at radius 2 is 1.58 bits per heavy atom. The molecule has 0 aromatic carbocycles. The minimum atomic E-state index is -0.132. The van der Waals surface area contributed by atoms with Crippen LogP contribution in [0.3, 0.4) is 0 Å². The lowest BCUT2D eigenvalue weighted by atomic mass is 9.83. The molecule has 0 aliphatic carbocycles. The third-order valence-corrected chi connectivity index (χ3v) is 1.95. The van der Waals surface area contributed by atoms with E-state index in [-0.39, 0.29) is 6.17 Å². The Kier molecular flexibility index (Phi) is 4.80. The molecule has 12 heavy (non-hydrogen) atoms. The molecule has 0 saturated heterocycles. The maximum Gasteiger partial charge on any atom is 0.0520 e. The Morgan fingerprint density at radius 3 is 1.92 bits per heavy atom. The van der Waals surface area contributed by atoms with Gasteiger partial charge >= 0.3 is 0 Å². The molecule has 0 spiro atoms. The average Bonchev–Trinajstić information content (AvgIpc) is 1.79. The fraction of sp³-hybridized carbons (Fsp3) is 1.00. The molecule has 0 saturated carbocycles. The third-order valence-electron chi connectivity index (χ3n) is 1.95. The summed E-state index contributed by atoms with van der Waals surface area (Å²) in [6, 6.07) is 0. The maximum atomic E-state index is 5.48. The van der Waals surface area contributed by atoms with Crippen molar-refractivity contribution < 1.29 is 0 Å². The van der Waals surface area contributed by atoms with E-state index in [0.29, 0.717) is 5.41 Å². The van der Waals surface area contributed by atoms with Crippen LogP contribution in [0.5, 0.6) is 0 Å². The summed E-state index contributed by atoms with van der Waals surface area (Å²) >= 11 is 0. The Morgan fingerprint density at radius 1 is 1.08 bits per heavy atom. The number of nitrogens with two attached hydrogens (primary N) is 2. The molecule has 0 heterocycles. The van der Waals surface area contributed by atoms with Crippen LogP contribution in [-0.2, 0) is 0 Å². The summed E-state index contributed by atoms with van der Waals surface area (Å²) in [5.74, 6) is 0.736. The first-order chi connectivity index (χ1) is 5.31. The molecule has 0 aliphatic rings. The van der Waals surface area contributed by atoms with Gasteiger partial charge in [0.25, 0.3) is 0 Å². The fourth-order valence-corrected chi connectivity index (χ4v) is 1.62. The Bertz CT molecular complexity index is 113. The summed E-state index contributed by atoms with van der Waals surface area (Å²) in [7, 11) is 0. The van der Waals surface area contributed by atoms with E-state index in [1.54, 1.807) is 0 Å². The highest BCUT2D eigenvalue weighted by atomic mass is 14.8. The van der Waals surface area contributed by atoms with Crippen molar-refractivity contribution in [3.05, 3.63) is 0 Å². The van der Waals surface area contributed by atoms with Crippen LogP contribution >= 0.6 is 0 Å². The molecule has 2 nitrogen and oxygen atoms in total. The lowest BCUT2D eigenvalue weighted by Gasteiger charge is -2.23. The zero-order valence-electron chi connectivity index (χ0n) is 8.93. The van der Waals surface area contributed by atoms with Gasteiger partial charge in [0.2, 0.25) is 0 Å². The van der Waals surface area contributed by atoms with Crippen LogP contribution in [0.25, 0.3) is 0 Å². The highest BCUT2D eigenvalue weighted by molar-refractivity contribution is 4.67. The molecule has 1 unspecified atom stereocenters. The zero-order valence-corrected chi connectivity index (χ0v) is 8.93. The molecule has 0 amide bonds. The van der Waals surface area contributed by atoms with Crippen LogP contribution in [0.2, 0.25) is 0 Å². The van der Waals surface area contributed by atoms with Gasteiger partial charge in [0, 0.05) is 0 Å². The maximum absolute atomic E-state index is 5.48. The van der Waals surface area contributed by atoms with Crippen LogP contribution in [0, 0.1) is 11.3 Å². The van der Waals surface area contributed by atoms with Crippen molar-refractivity contribution in [2.24, 2.45) is 22.8 Å². The van der Waals surface area contributed by atoms with Gasteiger partial charge in [-0.05, 0) is 30.6 Å². The van der Waals surface area contributed by atoms with Crippen molar-refractivity contribution in [1.82, 2.24) is 0 Å². The molecule has 0 aromatic heterocycles. The molecule has 0 aliphatic heterocycles. The van der Waals surface area contributed by atoms with Crippen molar-refractivity contribution in [1.29, 1.82) is 0 Å². The van der Waals surface area contributed by atoms with E-state index in [1.165, 1.54) is 6.42 Å². The molecule has 1 atom stereocenters. The summed E-state index contributed by atoms with van der Waals surface area (Å²) in [5, 5.41) is 0. The monoisotopic (exact) mass is 172 g/mol. The van der Waals surface area contributed by atoms with E-state index in [9.17, 15) is 0 Å². The van der Waals surface area contributed by atoms with Gasteiger partial charge < -0.3 is 11.5 Å². The van der Waals surface area contributed by atoms with E-state index in [2.05, 4.69) is 27.7 Å².